The van der Waals surface area contributed by atoms with Crippen molar-refractivity contribution in [2.24, 2.45) is 11.7 Å². The molecule has 1 saturated heterocycles. The van der Waals surface area contributed by atoms with Crippen molar-refractivity contribution in [2.75, 3.05) is 19.6 Å². The molecule has 2 atom stereocenters. The largest absolute Gasteiger partial charge is 0.444 e. The van der Waals surface area contributed by atoms with Gasteiger partial charge in [0.25, 0.3) is 0 Å². The van der Waals surface area contributed by atoms with Crippen LogP contribution in [0.15, 0.2) is 65.3 Å². The molecule has 4 nitrogen and oxygen atoms in total. The molecule has 27 heavy (non-hydrogen) atoms. The number of likely N-dealkylation sites (tertiary alicyclic amines) is 1. The van der Waals surface area contributed by atoms with Gasteiger partial charge in [-0.2, -0.15) is 0 Å². The van der Waals surface area contributed by atoms with E-state index in [0.29, 0.717) is 29.3 Å². The van der Waals surface area contributed by atoms with E-state index in [4.69, 9.17) is 21.8 Å². The van der Waals surface area contributed by atoms with Crippen LogP contribution in [0.4, 0.5) is 0 Å². The zero-order valence-electron chi connectivity index (χ0n) is 14.9. The van der Waals surface area contributed by atoms with Crippen LogP contribution in [0.5, 0.6) is 0 Å². The summed E-state index contributed by atoms with van der Waals surface area (Å²) in [7, 11) is 0. The molecule has 0 radical (unpaired) electrons. The number of nitrogens with two attached hydrogens (primary N) is 1. The Kier molecular flexibility index (Phi) is 6.55. The van der Waals surface area contributed by atoms with Crippen LogP contribution < -0.4 is 5.73 Å². The average molecular weight is 404 g/mol. The van der Waals surface area contributed by atoms with Crippen molar-refractivity contribution in [1.29, 1.82) is 0 Å². The van der Waals surface area contributed by atoms with Crippen LogP contribution >= 0.6 is 24.0 Å². The first-order valence-electron chi connectivity index (χ1n) is 8.90. The fourth-order valence-corrected chi connectivity index (χ4v) is 3.87. The summed E-state index contributed by atoms with van der Waals surface area (Å²) in [5, 5.41) is 0.706. The molecular formula is C21H23Cl2N3O. The predicted octanol–water partition coefficient (Wildman–Crippen LogP) is 4.59. The van der Waals surface area contributed by atoms with Gasteiger partial charge in [-0.05, 0) is 42.3 Å². The van der Waals surface area contributed by atoms with E-state index in [1.165, 1.54) is 5.56 Å². The minimum Gasteiger partial charge on any atom is -0.444 e. The number of oxazole rings is 1. The van der Waals surface area contributed by atoms with E-state index < -0.39 is 0 Å². The Labute approximate surface area is 170 Å². The highest BCUT2D eigenvalue weighted by atomic mass is 35.5. The highest BCUT2D eigenvalue weighted by Crippen LogP contribution is 2.33. The molecule has 1 fully saturated rings. The van der Waals surface area contributed by atoms with Gasteiger partial charge in [0.1, 0.15) is 6.26 Å². The number of nitrogens with zero attached hydrogens (tertiary/aromatic N) is 2. The fraction of sp³-hybridized carbons (Fsp3) is 0.286. The number of aromatic nitrogens is 1. The van der Waals surface area contributed by atoms with E-state index >= 15 is 0 Å². The first-order valence-corrected chi connectivity index (χ1v) is 9.28. The Morgan fingerprint density at radius 2 is 1.81 bits per heavy atom. The average Bonchev–Trinajstić information content (AvgIpc) is 3.30. The first kappa shape index (κ1) is 19.9. The van der Waals surface area contributed by atoms with E-state index in [-0.39, 0.29) is 12.4 Å². The fourth-order valence-electron chi connectivity index (χ4n) is 3.74. The van der Waals surface area contributed by atoms with E-state index in [1.807, 2.05) is 24.3 Å². The molecule has 2 aromatic carbocycles. The highest BCUT2D eigenvalue weighted by molar-refractivity contribution is 6.30. The van der Waals surface area contributed by atoms with Crippen molar-refractivity contribution in [2.45, 2.75) is 12.5 Å². The summed E-state index contributed by atoms with van der Waals surface area (Å²) < 4.78 is 5.66. The molecule has 0 bridgehead atoms. The van der Waals surface area contributed by atoms with Gasteiger partial charge in [0.05, 0.1) is 5.69 Å². The highest BCUT2D eigenvalue weighted by Gasteiger charge is 2.33. The Morgan fingerprint density at radius 3 is 2.52 bits per heavy atom. The minimum atomic E-state index is 0. The van der Waals surface area contributed by atoms with Crippen molar-refractivity contribution in [3.05, 3.63) is 77.1 Å². The second-order valence-corrected chi connectivity index (χ2v) is 7.29. The molecule has 6 heteroatoms. The molecule has 0 spiro atoms. The van der Waals surface area contributed by atoms with Crippen molar-refractivity contribution in [3.63, 3.8) is 0 Å². The number of halogens is 2. The van der Waals surface area contributed by atoms with Crippen LogP contribution in [0.25, 0.3) is 11.5 Å². The molecule has 2 heterocycles. The third-order valence-corrected chi connectivity index (χ3v) is 5.33. The number of rotatable bonds is 5. The van der Waals surface area contributed by atoms with Crippen molar-refractivity contribution in [1.82, 2.24) is 9.88 Å². The van der Waals surface area contributed by atoms with Crippen molar-refractivity contribution >= 4 is 24.0 Å². The third kappa shape index (κ3) is 4.53. The van der Waals surface area contributed by atoms with Gasteiger partial charge in [-0.1, -0.05) is 41.9 Å². The summed E-state index contributed by atoms with van der Waals surface area (Å²) in [5.41, 5.74) is 9.28. The molecule has 4 rings (SSSR count). The van der Waals surface area contributed by atoms with Gasteiger partial charge in [0.15, 0.2) is 0 Å². The van der Waals surface area contributed by atoms with E-state index in [1.54, 1.807) is 6.26 Å². The number of hydrogen-bond acceptors (Lipinski definition) is 4. The van der Waals surface area contributed by atoms with Gasteiger partial charge in [-0.15, -0.1) is 12.4 Å². The molecule has 1 aromatic heterocycles. The lowest BCUT2D eigenvalue weighted by Gasteiger charge is -2.16. The van der Waals surface area contributed by atoms with Gasteiger partial charge < -0.3 is 10.2 Å². The van der Waals surface area contributed by atoms with Crippen LogP contribution in [0, 0.1) is 5.92 Å². The number of benzene rings is 2. The Morgan fingerprint density at radius 1 is 1.07 bits per heavy atom. The zero-order chi connectivity index (χ0) is 17.9. The minimum absolute atomic E-state index is 0. The monoisotopic (exact) mass is 403 g/mol. The summed E-state index contributed by atoms with van der Waals surface area (Å²) in [5.74, 6) is 1.58. The van der Waals surface area contributed by atoms with E-state index in [2.05, 4.69) is 40.2 Å². The van der Waals surface area contributed by atoms with Gasteiger partial charge in [-0.25, -0.2) is 4.98 Å². The zero-order valence-corrected chi connectivity index (χ0v) is 16.5. The molecule has 142 valence electrons. The maximum Gasteiger partial charge on any atom is 0.226 e. The maximum atomic E-state index is 6.04. The molecule has 0 saturated carbocycles. The normalized spacial score (nSPS) is 19.8. The van der Waals surface area contributed by atoms with Crippen LogP contribution in [-0.4, -0.2) is 29.5 Å². The summed E-state index contributed by atoms with van der Waals surface area (Å²) in [6.45, 7) is 3.45. The summed E-state index contributed by atoms with van der Waals surface area (Å²) >= 11 is 5.94. The van der Waals surface area contributed by atoms with Crippen LogP contribution in [0.2, 0.25) is 5.02 Å². The lowest BCUT2D eigenvalue weighted by molar-refractivity contribution is 0.312. The molecule has 2 N–H and O–H groups in total. The van der Waals surface area contributed by atoms with Crippen LogP contribution in [0.1, 0.15) is 17.2 Å². The lowest BCUT2D eigenvalue weighted by atomic mass is 9.89. The molecular weight excluding hydrogens is 381 g/mol. The maximum absolute atomic E-state index is 6.04. The molecule has 0 unspecified atom stereocenters. The van der Waals surface area contributed by atoms with Gasteiger partial charge in [-0.3, -0.25) is 4.90 Å². The molecule has 1 aliphatic heterocycles. The van der Waals surface area contributed by atoms with Gasteiger partial charge in [0, 0.05) is 36.1 Å². The SMILES string of the molecule is Cl.NC[C@@H]1CN(Cc2coc(-c3ccc(Cl)cc3)n2)C[C@H]1c1ccccc1. The predicted molar refractivity (Wildman–Crippen MR) is 111 cm³/mol. The summed E-state index contributed by atoms with van der Waals surface area (Å²) in [6.07, 6.45) is 1.75. The second-order valence-electron chi connectivity index (χ2n) is 6.86. The second kappa shape index (κ2) is 8.89. The quantitative estimate of drug-likeness (QED) is 0.676. The molecule has 3 aromatic rings. The smallest absolute Gasteiger partial charge is 0.226 e. The molecule has 0 aliphatic carbocycles. The molecule has 1 aliphatic rings. The topological polar surface area (TPSA) is 55.3 Å². The summed E-state index contributed by atoms with van der Waals surface area (Å²) in [4.78, 5) is 7.05. The van der Waals surface area contributed by atoms with Gasteiger partial charge >= 0.3 is 0 Å². The van der Waals surface area contributed by atoms with E-state index in [9.17, 15) is 0 Å². The van der Waals surface area contributed by atoms with Crippen LogP contribution in [0.3, 0.4) is 0 Å². The van der Waals surface area contributed by atoms with Crippen LogP contribution in [-0.2, 0) is 6.54 Å². The Bertz CT molecular complexity index is 851. The lowest BCUT2D eigenvalue weighted by Crippen LogP contribution is -2.23. The third-order valence-electron chi connectivity index (χ3n) is 5.08. The molecule has 0 amide bonds. The number of hydrogen-bond donors (Lipinski definition) is 1. The Balaban J connectivity index is 0.00000210. The first-order chi connectivity index (χ1) is 12.7. The van der Waals surface area contributed by atoms with E-state index in [0.717, 1.165) is 30.9 Å². The standard InChI is InChI=1S/C21H22ClN3O.ClH/c22-18-8-6-16(7-9-18)21-24-19(14-26-21)12-25-11-17(10-23)20(13-25)15-4-2-1-3-5-15;/h1-9,14,17,20H,10-13,23H2;1H/t17-,20+;/m1./s1. The Hall–Kier alpha value is -1.85. The van der Waals surface area contributed by atoms with Crippen molar-refractivity contribution < 1.29 is 4.42 Å². The summed E-state index contributed by atoms with van der Waals surface area (Å²) in [6, 6.07) is 18.2. The van der Waals surface area contributed by atoms with Gasteiger partial charge in [0.2, 0.25) is 5.89 Å². The van der Waals surface area contributed by atoms with Crippen molar-refractivity contribution in [3.8, 4) is 11.5 Å².